The van der Waals surface area contributed by atoms with Gasteiger partial charge in [0, 0.05) is 17.5 Å². The molecular weight excluding hydrogens is 230 g/mol. The van der Waals surface area contributed by atoms with Gasteiger partial charge in [0.25, 0.3) is 0 Å². The zero-order valence-electron chi connectivity index (χ0n) is 10.0. The fourth-order valence-electron chi connectivity index (χ4n) is 2.39. The zero-order valence-corrected chi connectivity index (χ0v) is 10.8. The van der Waals surface area contributed by atoms with Crippen molar-refractivity contribution in [3.63, 3.8) is 0 Å². The first-order valence-electron chi connectivity index (χ1n) is 6.47. The van der Waals surface area contributed by atoms with Gasteiger partial charge in [-0.15, -0.1) is 0 Å². The summed E-state index contributed by atoms with van der Waals surface area (Å²) in [5.41, 5.74) is 1.42. The summed E-state index contributed by atoms with van der Waals surface area (Å²) in [4.78, 5) is 0. The lowest BCUT2D eigenvalue weighted by Gasteiger charge is -2.25. The Morgan fingerprint density at radius 2 is 2.06 bits per heavy atom. The van der Waals surface area contributed by atoms with Gasteiger partial charge >= 0.3 is 0 Å². The van der Waals surface area contributed by atoms with Gasteiger partial charge in [0.05, 0.1) is 0 Å². The zero-order chi connectivity index (χ0) is 11.5. The summed E-state index contributed by atoms with van der Waals surface area (Å²) < 4.78 is 5.84. The van der Waals surface area contributed by atoms with Crippen molar-refractivity contribution in [1.82, 2.24) is 5.32 Å². The van der Waals surface area contributed by atoms with Crippen molar-refractivity contribution in [2.24, 2.45) is 0 Å². The average Bonchev–Trinajstić information content (AvgIpc) is 2.78. The number of hydrogen-bond donors (Lipinski definition) is 1. The molecular formula is C14H19NOS. The molecule has 1 N–H and O–H groups in total. The minimum Gasteiger partial charge on any atom is -0.489 e. The highest BCUT2D eigenvalue weighted by Gasteiger charge is 2.19. The summed E-state index contributed by atoms with van der Waals surface area (Å²) in [7, 11) is 0. The van der Waals surface area contributed by atoms with Crippen molar-refractivity contribution in [2.45, 2.75) is 31.4 Å². The van der Waals surface area contributed by atoms with Crippen molar-refractivity contribution in [1.29, 1.82) is 0 Å². The maximum Gasteiger partial charge on any atom is 0.119 e. The Morgan fingerprint density at radius 1 is 1.24 bits per heavy atom. The molecule has 1 atom stereocenters. The summed E-state index contributed by atoms with van der Waals surface area (Å²) >= 11 is 1.96. The quantitative estimate of drug-likeness (QED) is 0.886. The van der Waals surface area contributed by atoms with Crippen molar-refractivity contribution >= 4 is 11.8 Å². The number of benzene rings is 1. The summed E-state index contributed by atoms with van der Waals surface area (Å²) in [6.45, 7) is 1.19. The van der Waals surface area contributed by atoms with E-state index < -0.39 is 0 Å². The van der Waals surface area contributed by atoms with Gasteiger partial charge in [0.2, 0.25) is 0 Å². The Kier molecular flexibility index (Phi) is 3.57. The normalized spacial score (nSPS) is 24.6. The van der Waals surface area contributed by atoms with Crippen LogP contribution in [0.25, 0.3) is 0 Å². The third kappa shape index (κ3) is 2.96. The summed E-state index contributed by atoms with van der Waals surface area (Å²) in [5, 5.41) is 3.54. The molecule has 2 saturated heterocycles. The van der Waals surface area contributed by atoms with Crippen molar-refractivity contribution < 1.29 is 4.74 Å². The second-order valence-corrected chi connectivity index (χ2v) is 5.99. The van der Waals surface area contributed by atoms with Gasteiger partial charge in [-0.05, 0) is 43.5 Å². The number of nitrogens with one attached hydrogen (secondary N) is 1. The van der Waals surface area contributed by atoms with E-state index in [1.807, 2.05) is 11.8 Å². The van der Waals surface area contributed by atoms with Crippen LogP contribution >= 0.6 is 11.8 Å². The molecule has 0 radical (unpaired) electrons. The highest BCUT2D eigenvalue weighted by molar-refractivity contribution is 8.00. The van der Waals surface area contributed by atoms with Gasteiger partial charge in [-0.3, -0.25) is 0 Å². The van der Waals surface area contributed by atoms with Crippen LogP contribution in [0.2, 0.25) is 0 Å². The van der Waals surface area contributed by atoms with Crippen LogP contribution in [0.1, 0.15) is 18.4 Å². The molecule has 0 aliphatic carbocycles. The van der Waals surface area contributed by atoms with E-state index in [0.717, 1.165) is 23.7 Å². The lowest BCUT2D eigenvalue weighted by Crippen LogP contribution is -2.31. The first-order valence-corrected chi connectivity index (χ1v) is 7.62. The maximum atomic E-state index is 5.84. The van der Waals surface area contributed by atoms with E-state index in [0.29, 0.717) is 12.1 Å². The molecule has 3 rings (SSSR count). The predicted molar refractivity (Wildman–Crippen MR) is 72.9 cm³/mol. The van der Waals surface area contributed by atoms with Crippen molar-refractivity contribution in [3.05, 3.63) is 29.8 Å². The van der Waals surface area contributed by atoms with Crippen LogP contribution in [-0.2, 0) is 6.42 Å². The standard InChI is InChI=1S/C14H19NOS/c1-2-12(15-7-1)8-11-3-5-13(6-4-11)16-14-9-17-10-14/h3-6,12,14-15H,1-2,7-10H2. The number of thioether (sulfide) groups is 1. The van der Waals surface area contributed by atoms with Crippen molar-refractivity contribution in [3.8, 4) is 5.75 Å². The lowest BCUT2D eigenvalue weighted by atomic mass is 10.0. The largest absolute Gasteiger partial charge is 0.489 e. The van der Waals surface area contributed by atoms with Crippen LogP contribution in [0.5, 0.6) is 5.75 Å². The molecule has 0 saturated carbocycles. The molecule has 0 bridgehead atoms. The van der Waals surface area contributed by atoms with E-state index in [9.17, 15) is 0 Å². The Bertz CT molecular complexity index is 355. The van der Waals surface area contributed by atoms with Crippen LogP contribution in [0, 0.1) is 0 Å². The molecule has 3 heteroatoms. The van der Waals surface area contributed by atoms with E-state index in [-0.39, 0.29) is 0 Å². The fraction of sp³-hybridized carbons (Fsp3) is 0.571. The topological polar surface area (TPSA) is 21.3 Å². The molecule has 0 aromatic heterocycles. The number of rotatable bonds is 4. The van der Waals surface area contributed by atoms with Gasteiger partial charge in [-0.1, -0.05) is 12.1 Å². The van der Waals surface area contributed by atoms with Gasteiger partial charge in [-0.25, -0.2) is 0 Å². The van der Waals surface area contributed by atoms with E-state index in [1.165, 1.54) is 24.9 Å². The maximum absolute atomic E-state index is 5.84. The molecule has 0 spiro atoms. The minimum atomic E-state index is 0.447. The van der Waals surface area contributed by atoms with E-state index in [2.05, 4.69) is 29.6 Å². The molecule has 1 aromatic rings. The SMILES string of the molecule is c1cc(OC2CSC2)ccc1CC1CCCN1. The minimum absolute atomic E-state index is 0.447. The summed E-state index contributed by atoms with van der Waals surface area (Å²) in [6.07, 6.45) is 4.24. The third-order valence-electron chi connectivity index (χ3n) is 3.48. The molecule has 0 amide bonds. The highest BCUT2D eigenvalue weighted by Crippen LogP contribution is 2.24. The molecule has 2 aliphatic heterocycles. The molecule has 92 valence electrons. The van der Waals surface area contributed by atoms with E-state index in [1.54, 1.807) is 0 Å². The van der Waals surface area contributed by atoms with Gasteiger partial charge in [0.15, 0.2) is 0 Å². The van der Waals surface area contributed by atoms with Crippen LogP contribution in [-0.4, -0.2) is 30.2 Å². The Morgan fingerprint density at radius 3 is 2.65 bits per heavy atom. The summed E-state index contributed by atoms with van der Waals surface area (Å²) in [6, 6.07) is 9.34. The highest BCUT2D eigenvalue weighted by atomic mass is 32.2. The number of ether oxygens (including phenoxy) is 1. The van der Waals surface area contributed by atoms with Crippen LogP contribution in [0.15, 0.2) is 24.3 Å². The van der Waals surface area contributed by atoms with Crippen LogP contribution in [0.4, 0.5) is 0 Å². The van der Waals surface area contributed by atoms with Crippen molar-refractivity contribution in [2.75, 3.05) is 18.1 Å². The fourth-order valence-corrected chi connectivity index (χ4v) is 2.96. The second-order valence-electron chi connectivity index (χ2n) is 4.92. The van der Waals surface area contributed by atoms with Gasteiger partial charge in [0.1, 0.15) is 11.9 Å². The molecule has 2 heterocycles. The van der Waals surface area contributed by atoms with Gasteiger partial charge < -0.3 is 10.1 Å². The lowest BCUT2D eigenvalue weighted by molar-refractivity contribution is 0.240. The van der Waals surface area contributed by atoms with Gasteiger partial charge in [-0.2, -0.15) is 11.8 Å². The second kappa shape index (κ2) is 5.32. The molecule has 17 heavy (non-hydrogen) atoms. The Labute approximate surface area is 107 Å². The monoisotopic (exact) mass is 249 g/mol. The first kappa shape index (κ1) is 11.4. The number of hydrogen-bond acceptors (Lipinski definition) is 3. The third-order valence-corrected chi connectivity index (χ3v) is 4.69. The Hall–Kier alpha value is -0.670. The molecule has 2 aliphatic rings. The first-order chi connectivity index (χ1) is 8.40. The molecule has 1 unspecified atom stereocenters. The smallest absolute Gasteiger partial charge is 0.119 e. The average molecular weight is 249 g/mol. The Balaban J connectivity index is 1.55. The van der Waals surface area contributed by atoms with E-state index >= 15 is 0 Å². The molecule has 1 aromatic carbocycles. The molecule has 2 nitrogen and oxygen atoms in total. The predicted octanol–water partition coefficient (Wildman–Crippen LogP) is 2.48. The molecule has 2 fully saturated rings. The van der Waals surface area contributed by atoms with Crippen LogP contribution in [0.3, 0.4) is 0 Å². The van der Waals surface area contributed by atoms with Crippen LogP contribution < -0.4 is 10.1 Å². The summed E-state index contributed by atoms with van der Waals surface area (Å²) in [5.74, 6) is 3.32. The van der Waals surface area contributed by atoms with E-state index in [4.69, 9.17) is 4.74 Å².